The number of benzene rings is 1. The number of aromatic nitrogens is 1. The van der Waals surface area contributed by atoms with E-state index < -0.39 is 4.92 Å². The van der Waals surface area contributed by atoms with Crippen LogP contribution in [0.2, 0.25) is 0 Å². The predicted octanol–water partition coefficient (Wildman–Crippen LogP) is 3.37. The number of hydrogen-bond donors (Lipinski definition) is 1. The first-order valence-corrected chi connectivity index (χ1v) is 8.25. The van der Waals surface area contributed by atoms with Gasteiger partial charge in [-0.1, -0.05) is 30.3 Å². The lowest BCUT2D eigenvalue weighted by Crippen LogP contribution is -2.41. The predicted molar refractivity (Wildman–Crippen MR) is 94.0 cm³/mol. The van der Waals surface area contributed by atoms with Gasteiger partial charge in [0, 0.05) is 25.2 Å². The summed E-state index contributed by atoms with van der Waals surface area (Å²) in [4.78, 5) is 17.1. The van der Waals surface area contributed by atoms with Crippen molar-refractivity contribution in [1.29, 1.82) is 0 Å². The molecule has 0 aliphatic carbocycles. The van der Waals surface area contributed by atoms with Crippen molar-refractivity contribution < 1.29 is 4.92 Å². The lowest BCUT2D eigenvalue weighted by Gasteiger charge is -2.33. The molecule has 2 heterocycles. The second-order valence-corrected chi connectivity index (χ2v) is 6.32. The Kier molecular flexibility index (Phi) is 5.05. The molecular formula is C18H22N4O2. The number of rotatable bonds is 5. The third kappa shape index (κ3) is 4.08. The molecule has 1 aliphatic heterocycles. The molecule has 2 aromatic rings. The van der Waals surface area contributed by atoms with Gasteiger partial charge >= 0.3 is 0 Å². The molecule has 6 heteroatoms. The van der Waals surface area contributed by atoms with Crippen LogP contribution in [0.3, 0.4) is 0 Å². The van der Waals surface area contributed by atoms with Crippen molar-refractivity contribution >= 4 is 11.5 Å². The van der Waals surface area contributed by atoms with Gasteiger partial charge in [-0.3, -0.25) is 15.0 Å². The number of nitrogens with zero attached hydrogens (tertiary/aromatic N) is 3. The zero-order chi connectivity index (χ0) is 16.9. The molecule has 0 spiro atoms. The first-order valence-electron chi connectivity index (χ1n) is 8.25. The first-order chi connectivity index (χ1) is 11.6. The van der Waals surface area contributed by atoms with Crippen LogP contribution in [-0.2, 0) is 6.54 Å². The van der Waals surface area contributed by atoms with Crippen LogP contribution in [0.4, 0.5) is 11.5 Å². The van der Waals surface area contributed by atoms with E-state index in [9.17, 15) is 10.1 Å². The number of piperidine rings is 1. The molecule has 1 aliphatic rings. The molecule has 0 amide bonds. The van der Waals surface area contributed by atoms with Crippen molar-refractivity contribution in [2.45, 2.75) is 32.4 Å². The topological polar surface area (TPSA) is 71.3 Å². The number of anilines is 1. The summed E-state index contributed by atoms with van der Waals surface area (Å²) in [5.74, 6) is 0.743. The highest BCUT2D eigenvalue weighted by atomic mass is 16.6. The Morgan fingerprint density at radius 3 is 2.88 bits per heavy atom. The van der Waals surface area contributed by atoms with E-state index in [0.717, 1.165) is 43.9 Å². The highest BCUT2D eigenvalue weighted by Gasteiger charge is 2.21. The summed E-state index contributed by atoms with van der Waals surface area (Å²) in [5, 5.41) is 14.3. The molecule has 1 aromatic heterocycles. The van der Waals surface area contributed by atoms with E-state index in [-0.39, 0.29) is 5.69 Å². The number of hydrogen-bond acceptors (Lipinski definition) is 5. The van der Waals surface area contributed by atoms with Gasteiger partial charge in [0.15, 0.2) is 0 Å². The molecule has 1 atom stereocenters. The molecule has 0 saturated carbocycles. The maximum atomic E-state index is 10.8. The molecule has 1 N–H and O–H groups in total. The highest BCUT2D eigenvalue weighted by molar-refractivity contribution is 5.48. The lowest BCUT2D eigenvalue weighted by atomic mass is 10.0. The minimum Gasteiger partial charge on any atom is -0.366 e. The minimum absolute atomic E-state index is 0.0346. The van der Waals surface area contributed by atoms with Gasteiger partial charge in [-0.05, 0) is 37.4 Å². The molecular weight excluding hydrogens is 304 g/mol. The van der Waals surface area contributed by atoms with Gasteiger partial charge in [0.1, 0.15) is 12.0 Å². The largest absolute Gasteiger partial charge is 0.366 e. The van der Waals surface area contributed by atoms with Crippen LogP contribution in [0.1, 0.15) is 24.0 Å². The van der Waals surface area contributed by atoms with Crippen LogP contribution in [0.15, 0.2) is 42.6 Å². The van der Waals surface area contributed by atoms with E-state index in [1.807, 2.05) is 13.0 Å². The smallest absolute Gasteiger partial charge is 0.287 e. The van der Waals surface area contributed by atoms with Gasteiger partial charge in [-0.15, -0.1) is 0 Å². The first kappa shape index (κ1) is 16.4. The van der Waals surface area contributed by atoms with Gasteiger partial charge in [0.2, 0.25) is 0 Å². The Balaban J connectivity index is 1.62. The van der Waals surface area contributed by atoms with E-state index in [0.29, 0.717) is 6.04 Å². The SMILES string of the molecule is Cc1cc([N+](=O)[O-])cnc1NC1CCCN(Cc2ccccc2)C1. The van der Waals surface area contributed by atoms with Gasteiger partial charge in [0.25, 0.3) is 5.69 Å². The Labute approximate surface area is 141 Å². The summed E-state index contributed by atoms with van der Waals surface area (Å²) in [6, 6.07) is 12.4. The van der Waals surface area contributed by atoms with Crippen molar-refractivity contribution in [3.8, 4) is 0 Å². The van der Waals surface area contributed by atoms with Gasteiger partial charge in [0.05, 0.1) is 4.92 Å². The Hall–Kier alpha value is -2.47. The van der Waals surface area contributed by atoms with Crippen LogP contribution in [-0.4, -0.2) is 33.9 Å². The molecule has 24 heavy (non-hydrogen) atoms. The molecule has 1 saturated heterocycles. The molecule has 126 valence electrons. The van der Waals surface area contributed by atoms with E-state index in [1.165, 1.54) is 11.8 Å². The molecule has 0 radical (unpaired) electrons. The molecule has 1 unspecified atom stereocenters. The van der Waals surface area contributed by atoms with Gasteiger partial charge in [-0.25, -0.2) is 4.98 Å². The third-order valence-electron chi connectivity index (χ3n) is 4.37. The van der Waals surface area contributed by atoms with Gasteiger partial charge in [-0.2, -0.15) is 0 Å². The van der Waals surface area contributed by atoms with Crippen molar-refractivity contribution in [2.75, 3.05) is 18.4 Å². The second-order valence-electron chi connectivity index (χ2n) is 6.32. The summed E-state index contributed by atoms with van der Waals surface area (Å²) in [5.41, 5.74) is 2.17. The highest BCUT2D eigenvalue weighted by Crippen LogP contribution is 2.21. The van der Waals surface area contributed by atoms with Crippen LogP contribution >= 0.6 is 0 Å². The second kappa shape index (κ2) is 7.40. The fourth-order valence-electron chi connectivity index (χ4n) is 3.16. The van der Waals surface area contributed by atoms with Crippen LogP contribution in [0, 0.1) is 17.0 Å². The molecule has 1 fully saturated rings. The Morgan fingerprint density at radius 2 is 2.17 bits per heavy atom. The Bertz CT molecular complexity index is 705. The number of aryl methyl sites for hydroxylation is 1. The number of nitrogens with one attached hydrogen (secondary N) is 1. The summed E-state index contributed by atoms with van der Waals surface area (Å²) in [6.45, 7) is 4.85. The molecule has 3 rings (SSSR count). The third-order valence-corrected chi connectivity index (χ3v) is 4.37. The standard InChI is InChI=1S/C18H22N4O2/c1-14-10-17(22(23)24)11-19-18(14)20-16-8-5-9-21(13-16)12-15-6-3-2-4-7-15/h2-4,6-7,10-11,16H,5,8-9,12-13H2,1H3,(H,19,20). The Morgan fingerprint density at radius 1 is 1.38 bits per heavy atom. The fourth-order valence-corrected chi connectivity index (χ4v) is 3.16. The van der Waals surface area contributed by atoms with Crippen LogP contribution in [0.25, 0.3) is 0 Å². The normalized spacial score (nSPS) is 18.3. The monoisotopic (exact) mass is 326 g/mol. The summed E-state index contributed by atoms with van der Waals surface area (Å²) < 4.78 is 0. The quantitative estimate of drug-likeness (QED) is 0.674. The molecule has 6 nitrogen and oxygen atoms in total. The number of pyridine rings is 1. The number of likely N-dealkylation sites (tertiary alicyclic amines) is 1. The average molecular weight is 326 g/mol. The lowest BCUT2D eigenvalue weighted by molar-refractivity contribution is -0.385. The van der Waals surface area contributed by atoms with Crippen LogP contribution < -0.4 is 5.32 Å². The number of nitro groups is 1. The maximum Gasteiger partial charge on any atom is 0.287 e. The fraction of sp³-hybridized carbons (Fsp3) is 0.389. The summed E-state index contributed by atoms with van der Waals surface area (Å²) in [6.07, 6.45) is 3.54. The van der Waals surface area contributed by atoms with Crippen LogP contribution in [0.5, 0.6) is 0 Å². The van der Waals surface area contributed by atoms with Crippen molar-refractivity contribution in [3.05, 3.63) is 63.8 Å². The average Bonchev–Trinajstić information content (AvgIpc) is 2.58. The van der Waals surface area contributed by atoms with Crippen molar-refractivity contribution in [1.82, 2.24) is 9.88 Å². The minimum atomic E-state index is -0.411. The maximum absolute atomic E-state index is 10.8. The van der Waals surface area contributed by atoms with Gasteiger partial charge < -0.3 is 5.32 Å². The van der Waals surface area contributed by atoms with Crippen molar-refractivity contribution in [2.24, 2.45) is 0 Å². The van der Waals surface area contributed by atoms with E-state index >= 15 is 0 Å². The van der Waals surface area contributed by atoms with E-state index in [2.05, 4.69) is 39.5 Å². The summed E-state index contributed by atoms with van der Waals surface area (Å²) in [7, 11) is 0. The zero-order valence-corrected chi connectivity index (χ0v) is 13.8. The zero-order valence-electron chi connectivity index (χ0n) is 13.8. The van der Waals surface area contributed by atoms with E-state index in [1.54, 1.807) is 6.07 Å². The molecule has 0 bridgehead atoms. The summed E-state index contributed by atoms with van der Waals surface area (Å²) >= 11 is 0. The molecule has 1 aromatic carbocycles. The van der Waals surface area contributed by atoms with Crippen molar-refractivity contribution in [3.63, 3.8) is 0 Å². The van der Waals surface area contributed by atoms with E-state index in [4.69, 9.17) is 0 Å².